The third-order valence-electron chi connectivity index (χ3n) is 4.75. The fourth-order valence-electron chi connectivity index (χ4n) is 3.34. The highest BCUT2D eigenvalue weighted by Crippen LogP contribution is 2.26. The second kappa shape index (κ2) is 6.98. The molecule has 2 amide bonds. The number of nitrogens with zero attached hydrogens (tertiary/aromatic N) is 4. The van der Waals surface area contributed by atoms with E-state index in [1.807, 2.05) is 25.7 Å². The molecule has 3 heterocycles. The Bertz CT molecular complexity index is 648. The van der Waals surface area contributed by atoms with E-state index in [0.29, 0.717) is 24.9 Å². The Kier molecular flexibility index (Phi) is 4.92. The molecule has 3 rings (SSSR count). The zero-order valence-corrected chi connectivity index (χ0v) is 15.2. The molecule has 0 bridgehead atoms. The van der Waals surface area contributed by atoms with Crippen molar-refractivity contribution in [1.82, 2.24) is 14.9 Å². The molecule has 0 spiro atoms. The minimum absolute atomic E-state index is 0.222. The van der Waals surface area contributed by atoms with Gasteiger partial charge in [-0.2, -0.15) is 0 Å². The molecule has 0 N–H and O–H groups in total. The first kappa shape index (κ1) is 17.6. The van der Waals surface area contributed by atoms with E-state index in [1.165, 1.54) is 4.90 Å². The van der Waals surface area contributed by atoms with E-state index in [-0.39, 0.29) is 17.4 Å². The van der Waals surface area contributed by atoms with Gasteiger partial charge in [0, 0.05) is 24.7 Å². The van der Waals surface area contributed by atoms with Gasteiger partial charge in [0.25, 0.3) is 0 Å². The minimum Gasteiger partial charge on any atom is -0.447 e. The Hall–Kier alpha value is -2.18. The maximum Gasteiger partial charge on any atom is 0.415 e. The summed E-state index contributed by atoms with van der Waals surface area (Å²) in [7, 11) is 0. The number of cyclic esters (lactones) is 1. The number of carbonyl (C=O) groups excluding carboxylic acids is 2. The Morgan fingerprint density at radius 3 is 2.56 bits per heavy atom. The van der Waals surface area contributed by atoms with Gasteiger partial charge in [0.05, 0.1) is 18.4 Å². The van der Waals surface area contributed by atoms with E-state index in [0.717, 1.165) is 38.0 Å². The molecule has 2 saturated heterocycles. The van der Waals surface area contributed by atoms with Gasteiger partial charge in [-0.1, -0.05) is 20.8 Å². The molecule has 7 nitrogen and oxygen atoms in total. The number of anilines is 1. The van der Waals surface area contributed by atoms with Crippen LogP contribution in [0.15, 0.2) is 12.4 Å². The average Bonchev–Trinajstić information content (AvgIpc) is 3.00. The summed E-state index contributed by atoms with van der Waals surface area (Å²) in [6, 6.07) is 0. The first-order valence-corrected chi connectivity index (χ1v) is 8.89. The Morgan fingerprint density at radius 1 is 1.24 bits per heavy atom. The molecule has 0 unspecified atom stereocenters. The number of likely N-dealkylation sites (tertiary alicyclic amines) is 1. The zero-order chi connectivity index (χ0) is 18.0. The van der Waals surface area contributed by atoms with Crippen LogP contribution in [0, 0.1) is 11.3 Å². The van der Waals surface area contributed by atoms with E-state index in [1.54, 1.807) is 12.4 Å². The molecule has 0 aliphatic carbocycles. The number of ether oxygens (including phenoxy) is 1. The van der Waals surface area contributed by atoms with Crippen molar-refractivity contribution in [2.75, 3.05) is 31.1 Å². The van der Waals surface area contributed by atoms with E-state index in [4.69, 9.17) is 4.74 Å². The summed E-state index contributed by atoms with van der Waals surface area (Å²) in [4.78, 5) is 36.3. The Labute approximate surface area is 148 Å². The number of amides is 2. The summed E-state index contributed by atoms with van der Waals surface area (Å²) in [5.41, 5.74) is 0.564. The van der Waals surface area contributed by atoms with Crippen molar-refractivity contribution >= 4 is 17.8 Å². The first-order valence-electron chi connectivity index (χ1n) is 8.89. The van der Waals surface area contributed by atoms with Crippen LogP contribution < -0.4 is 4.90 Å². The largest absolute Gasteiger partial charge is 0.447 e. The van der Waals surface area contributed by atoms with Crippen molar-refractivity contribution in [3.8, 4) is 0 Å². The van der Waals surface area contributed by atoms with Crippen LogP contribution in [0.3, 0.4) is 0 Å². The summed E-state index contributed by atoms with van der Waals surface area (Å²) in [5.74, 6) is 1.26. The third-order valence-corrected chi connectivity index (χ3v) is 4.75. The molecule has 2 aliphatic rings. The van der Waals surface area contributed by atoms with E-state index < -0.39 is 0 Å². The SMILES string of the molecule is CC(C)(C)C(=O)N1CCC(Cc2cncc(N3CCOC3=O)n2)CC1. The molecule has 2 aliphatic heterocycles. The van der Waals surface area contributed by atoms with Crippen molar-refractivity contribution in [3.63, 3.8) is 0 Å². The molecular weight excluding hydrogens is 320 g/mol. The van der Waals surface area contributed by atoms with Crippen molar-refractivity contribution in [3.05, 3.63) is 18.1 Å². The standard InChI is InChI=1S/C18H26N4O3/c1-18(2,3)16(23)21-6-4-13(5-7-21)10-14-11-19-12-15(20-14)22-8-9-25-17(22)24/h11-13H,4-10H2,1-3H3. The fraction of sp³-hybridized carbons (Fsp3) is 0.667. The van der Waals surface area contributed by atoms with Crippen molar-refractivity contribution in [1.29, 1.82) is 0 Å². The number of piperidine rings is 1. The molecule has 25 heavy (non-hydrogen) atoms. The smallest absolute Gasteiger partial charge is 0.415 e. The van der Waals surface area contributed by atoms with Crippen LogP contribution in [0.1, 0.15) is 39.3 Å². The van der Waals surface area contributed by atoms with Gasteiger partial charge in [-0.3, -0.25) is 14.7 Å². The van der Waals surface area contributed by atoms with Gasteiger partial charge in [-0.15, -0.1) is 0 Å². The predicted molar refractivity (Wildman–Crippen MR) is 93.2 cm³/mol. The maximum atomic E-state index is 12.4. The van der Waals surface area contributed by atoms with Gasteiger partial charge in [-0.05, 0) is 25.2 Å². The quantitative estimate of drug-likeness (QED) is 0.839. The van der Waals surface area contributed by atoms with Crippen LogP contribution in [0.25, 0.3) is 0 Å². The molecule has 136 valence electrons. The van der Waals surface area contributed by atoms with Crippen LogP contribution in [0.5, 0.6) is 0 Å². The summed E-state index contributed by atoms with van der Waals surface area (Å²) >= 11 is 0. The number of carbonyl (C=O) groups is 2. The lowest BCUT2D eigenvalue weighted by molar-refractivity contribution is -0.140. The molecule has 0 aromatic carbocycles. The van der Waals surface area contributed by atoms with Crippen LogP contribution in [-0.2, 0) is 16.0 Å². The number of hydrogen-bond acceptors (Lipinski definition) is 5. The Balaban J connectivity index is 1.57. The average molecular weight is 346 g/mol. The number of rotatable bonds is 3. The van der Waals surface area contributed by atoms with Crippen LogP contribution in [-0.4, -0.2) is 53.1 Å². The number of hydrogen-bond donors (Lipinski definition) is 0. The van der Waals surface area contributed by atoms with Gasteiger partial charge in [0.1, 0.15) is 6.61 Å². The van der Waals surface area contributed by atoms with Gasteiger partial charge >= 0.3 is 6.09 Å². The summed E-state index contributed by atoms with van der Waals surface area (Å²) in [6.07, 6.45) is 5.76. The second-order valence-corrected chi connectivity index (χ2v) is 7.82. The first-order chi connectivity index (χ1) is 11.8. The molecule has 7 heteroatoms. The Morgan fingerprint density at radius 2 is 1.96 bits per heavy atom. The molecule has 0 atom stereocenters. The number of aromatic nitrogens is 2. The van der Waals surface area contributed by atoms with Crippen LogP contribution in [0.2, 0.25) is 0 Å². The van der Waals surface area contributed by atoms with E-state index in [9.17, 15) is 9.59 Å². The second-order valence-electron chi connectivity index (χ2n) is 7.82. The van der Waals surface area contributed by atoms with Gasteiger partial charge < -0.3 is 9.64 Å². The summed E-state index contributed by atoms with van der Waals surface area (Å²) in [5, 5.41) is 0. The normalized spacial score (nSPS) is 19.2. The van der Waals surface area contributed by atoms with Crippen LogP contribution >= 0.6 is 0 Å². The van der Waals surface area contributed by atoms with E-state index >= 15 is 0 Å². The fourth-order valence-corrected chi connectivity index (χ4v) is 3.34. The zero-order valence-electron chi connectivity index (χ0n) is 15.2. The van der Waals surface area contributed by atoms with Gasteiger partial charge in [0.15, 0.2) is 5.82 Å². The van der Waals surface area contributed by atoms with Crippen LogP contribution in [0.4, 0.5) is 10.6 Å². The highest BCUT2D eigenvalue weighted by molar-refractivity contribution is 5.87. The monoisotopic (exact) mass is 346 g/mol. The summed E-state index contributed by atoms with van der Waals surface area (Å²) in [6.45, 7) is 8.40. The molecule has 0 radical (unpaired) electrons. The van der Waals surface area contributed by atoms with Crippen molar-refractivity contribution < 1.29 is 14.3 Å². The highest BCUT2D eigenvalue weighted by atomic mass is 16.6. The molecule has 2 fully saturated rings. The minimum atomic E-state index is -0.361. The van der Waals surface area contributed by atoms with Crippen molar-refractivity contribution in [2.24, 2.45) is 11.3 Å². The molecular formula is C18H26N4O3. The maximum absolute atomic E-state index is 12.4. The van der Waals surface area contributed by atoms with Crippen molar-refractivity contribution in [2.45, 2.75) is 40.0 Å². The van der Waals surface area contributed by atoms with E-state index in [2.05, 4.69) is 9.97 Å². The lowest BCUT2D eigenvalue weighted by Gasteiger charge is -2.35. The topological polar surface area (TPSA) is 75.6 Å². The summed E-state index contributed by atoms with van der Waals surface area (Å²) < 4.78 is 4.95. The molecule has 0 saturated carbocycles. The van der Waals surface area contributed by atoms with Gasteiger partial charge in [0.2, 0.25) is 5.91 Å². The molecule has 1 aromatic rings. The third kappa shape index (κ3) is 4.08. The van der Waals surface area contributed by atoms with Gasteiger partial charge in [-0.25, -0.2) is 9.78 Å². The lowest BCUT2D eigenvalue weighted by atomic mass is 9.89. The highest BCUT2D eigenvalue weighted by Gasteiger charge is 2.30. The molecule has 1 aromatic heterocycles. The predicted octanol–water partition coefficient (Wildman–Crippen LogP) is 2.26. The lowest BCUT2D eigenvalue weighted by Crippen LogP contribution is -2.44.